The number of pyridine rings is 1. The van der Waals surface area contributed by atoms with Gasteiger partial charge in [0.15, 0.2) is 9.84 Å². The van der Waals surface area contributed by atoms with E-state index < -0.39 is 9.84 Å². The van der Waals surface area contributed by atoms with E-state index in [9.17, 15) is 8.42 Å². The number of hydrogen-bond acceptors (Lipinski definition) is 5. The number of anilines is 1. The van der Waals surface area contributed by atoms with Gasteiger partial charge in [-0.1, -0.05) is 6.07 Å². The highest BCUT2D eigenvalue weighted by molar-refractivity contribution is 7.91. The van der Waals surface area contributed by atoms with E-state index in [1.54, 1.807) is 18.2 Å². The number of nitriles is 1. The summed E-state index contributed by atoms with van der Waals surface area (Å²) in [5.41, 5.74) is 0.327. The number of sulfone groups is 1. The molecule has 0 spiro atoms. The molecule has 5 nitrogen and oxygen atoms in total. The van der Waals surface area contributed by atoms with Crippen LogP contribution in [0.4, 0.5) is 5.82 Å². The van der Waals surface area contributed by atoms with Gasteiger partial charge in [-0.2, -0.15) is 5.26 Å². The Morgan fingerprint density at radius 1 is 1.47 bits per heavy atom. The van der Waals surface area contributed by atoms with E-state index in [4.69, 9.17) is 5.26 Å². The zero-order valence-corrected chi connectivity index (χ0v) is 10.1. The summed E-state index contributed by atoms with van der Waals surface area (Å²) in [6.45, 7) is 0. The van der Waals surface area contributed by atoms with E-state index in [0.717, 1.165) is 6.42 Å². The Balaban J connectivity index is 2.08. The smallest absolute Gasteiger partial charge is 0.152 e. The fourth-order valence-corrected chi connectivity index (χ4v) is 3.56. The van der Waals surface area contributed by atoms with Crippen molar-refractivity contribution in [3.8, 4) is 6.07 Å². The van der Waals surface area contributed by atoms with Crippen LogP contribution in [-0.2, 0) is 9.84 Å². The van der Waals surface area contributed by atoms with Crippen molar-refractivity contribution in [2.24, 2.45) is 0 Å². The van der Waals surface area contributed by atoms with Crippen molar-refractivity contribution < 1.29 is 8.42 Å². The maximum atomic E-state index is 11.5. The van der Waals surface area contributed by atoms with Crippen LogP contribution in [0.2, 0.25) is 0 Å². The topological polar surface area (TPSA) is 82.9 Å². The highest BCUT2D eigenvalue weighted by Crippen LogP contribution is 2.16. The molecule has 2 heterocycles. The van der Waals surface area contributed by atoms with Crippen LogP contribution in [0.15, 0.2) is 18.2 Å². The average molecular weight is 251 g/mol. The molecular weight excluding hydrogens is 238 g/mol. The summed E-state index contributed by atoms with van der Waals surface area (Å²) >= 11 is 0. The Hall–Kier alpha value is -1.61. The molecule has 0 saturated carbocycles. The van der Waals surface area contributed by atoms with Crippen LogP contribution in [0.25, 0.3) is 0 Å². The molecule has 1 unspecified atom stereocenters. The van der Waals surface area contributed by atoms with Crippen molar-refractivity contribution in [1.82, 2.24) is 4.98 Å². The maximum Gasteiger partial charge on any atom is 0.152 e. The molecule has 1 N–H and O–H groups in total. The van der Waals surface area contributed by atoms with Gasteiger partial charge in [0, 0.05) is 6.04 Å². The maximum absolute atomic E-state index is 11.5. The standard InChI is InChI=1S/C11H13N3O2S/c12-7-9-3-1-5-11(13-9)14-10-4-2-6-17(15,16)8-10/h1,3,5,10H,2,4,6,8H2,(H,13,14). The van der Waals surface area contributed by atoms with Gasteiger partial charge in [-0.05, 0) is 25.0 Å². The predicted octanol–water partition coefficient (Wildman–Crippen LogP) is 0.942. The first-order valence-corrected chi connectivity index (χ1v) is 7.25. The van der Waals surface area contributed by atoms with Crippen LogP contribution in [0.1, 0.15) is 18.5 Å². The zero-order chi connectivity index (χ0) is 12.3. The Labute approximate surface area is 100 Å². The molecule has 0 bridgehead atoms. The van der Waals surface area contributed by atoms with Crippen LogP contribution < -0.4 is 5.32 Å². The summed E-state index contributed by atoms with van der Waals surface area (Å²) in [5, 5.41) is 11.8. The van der Waals surface area contributed by atoms with Crippen molar-refractivity contribution in [1.29, 1.82) is 5.26 Å². The van der Waals surface area contributed by atoms with Crippen molar-refractivity contribution in [3.05, 3.63) is 23.9 Å². The number of nitrogens with zero attached hydrogens (tertiary/aromatic N) is 2. The van der Waals surface area contributed by atoms with Gasteiger partial charge < -0.3 is 5.32 Å². The molecule has 1 fully saturated rings. The fourth-order valence-electron chi connectivity index (χ4n) is 1.92. The van der Waals surface area contributed by atoms with E-state index >= 15 is 0 Å². The molecule has 1 aliphatic heterocycles. The van der Waals surface area contributed by atoms with E-state index in [-0.39, 0.29) is 17.5 Å². The van der Waals surface area contributed by atoms with E-state index in [2.05, 4.69) is 10.3 Å². The van der Waals surface area contributed by atoms with Crippen LogP contribution >= 0.6 is 0 Å². The molecule has 90 valence electrons. The summed E-state index contributed by atoms with van der Waals surface area (Å²) in [5.74, 6) is 0.980. The van der Waals surface area contributed by atoms with Gasteiger partial charge in [0.1, 0.15) is 17.6 Å². The summed E-state index contributed by atoms with van der Waals surface area (Å²) in [6, 6.07) is 6.93. The normalized spacial score (nSPS) is 22.6. The van der Waals surface area contributed by atoms with E-state index in [0.29, 0.717) is 17.9 Å². The average Bonchev–Trinajstić information content (AvgIpc) is 2.28. The second-order valence-corrected chi connectivity index (χ2v) is 6.35. The lowest BCUT2D eigenvalue weighted by atomic mass is 10.2. The second kappa shape index (κ2) is 4.72. The van der Waals surface area contributed by atoms with Gasteiger partial charge in [-0.25, -0.2) is 13.4 Å². The van der Waals surface area contributed by atoms with Gasteiger partial charge in [-0.15, -0.1) is 0 Å². The zero-order valence-electron chi connectivity index (χ0n) is 9.26. The minimum atomic E-state index is -2.92. The summed E-state index contributed by atoms with van der Waals surface area (Å²) in [7, 11) is -2.92. The largest absolute Gasteiger partial charge is 0.366 e. The van der Waals surface area contributed by atoms with Crippen LogP contribution in [0.5, 0.6) is 0 Å². The van der Waals surface area contributed by atoms with Crippen LogP contribution in [0.3, 0.4) is 0 Å². The van der Waals surface area contributed by atoms with Crippen molar-refractivity contribution >= 4 is 15.7 Å². The highest BCUT2D eigenvalue weighted by Gasteiger charge is 2.24. The third-order valence-electron chi connectivity index (χ3n) is 2.68. The van der Waals surface area contributed by atoms with Crippen LogP contribution in [-0.4, -0.2) is 30.9 Å². The quantitative estimate of drug-likeness (QED) is 0.845. The molecule has 17 heavy (non-hydrogen) atoms. The Bertz CT molecular complexity index is 548. The van der Waals surface area contributed by atoms with E-state index in [1.807, 2.05) is 6.07 Å². The molecule has 0 aliphatic carbocycles. The lowest BCUT2D eigenvalue weighted by Crippen LogP contribution is -2.35. The molecule has 1 aliphatic rings. The van der Waals surface area contributed by atoms with Gasteiger partial charge in [0.2, 0.25) is 0 Å². The SMILES string of the molecule is N#Cc1cccc(NC2CCCS(=O)(=O)C2)n1. The number of aromatic nitrogens is 1. The number of nitrogens with one attached hydrogen (secondary N) is 1. The molecular formula is C11H13N3O2S. The molecule has 1 saturated heterocycles. The lowest BCUT2D eigenvalue weighted by Gasteiger charge is -2.23. The molecule has 0 radical (unpaired) electrons. The molecule has 1 atom stereocenters. The first kappa shape index (κ1) is 11.9. The van der Waals surface area contributed by atoms with Crippen molar-refractivity contribution in [3.63, 3.8) is 0 Å². The predicted molar refractivity (Wildman–Crippen MR) is 64.3 cm³/mol. The van der Waals surface area contributed by atoms with Crippen LogP contribution in [0, 0.1) is 11.3 Å². The first-order chi connectivity index (χ1) is 8.09. The van der Waals surface area contributed by atoms with Gasteiger partial charge in [0.05, 0.1) is 11.5 Å². The number of rotatable bonds is 2. The Morgan fingerprint density at radius 3 is 3.00 bits per heavy atom. The molecule has 0 amide bonds. The monoisotopic (exact) mass is 251 g/mol. The van der Waals surface area contributed by atoms with Crippen molar-refractivity contribution in [2.75, 3.05) is 16.8 Å². The fraction of sp³-hybridized carbons (Fsp3) is 0.455. The summed E-state index contributed by atoms with van der Waals surface area (Å²) < 4.78 is 22.9. The van der Waals surface area contributed by atoms with Gasteiger partial charge in [-0.3, -0.25) is 0 Å². The molecule has 0 aromatic carbocycles. The Morgan fingerprint density at radius 2 is 2.29 bits per heavy atom. The van der Waals surface area contributed by atoms with Crippen molar-refractivity contribution in [2.45, 2.75) is 18.9 Å². The lowest BCUT2D eigenvalue weighted by molar-refractivity contribution is 0.561. The summed E-state index contributed by atoms with van der Waals surface area (Å²) in [4.78, 5) is 4.07. The second-order valence-electron chi connectivity index (χ2n) is 4.12. The molecule has 1 aromatic heterocycles. The minimum absolute atomic E-state index is 0.102. The third-order valence-corrected chi connectivity index (χ3v) is 4.50. The molecule has 2 rings (SSSR count). The molecule has 6 heteroatoms. The number of hydrogen-bond donors (Lipinski definition) is 1. The van der Waals surface area contributed by atoms with Gasteiger partial charge >= 0.3 is 0 Å². The third kappa shape index (κ3) is 3.17. The summed E-state index contributed by atoms with van der Waals surface area (Å²) in [6.07, 6.45) is 1.50. The van der Waals surface area contributed by atoms with Gasteiger partial charge in [0.25, 0.3) is 0 Å². The highest BCUT2D eigenvalue weighted by atomic mass is 32.2. The first-order valence-electron chi connectivity index (χ1n) is 5.43. The minimum Gasteiger partial charge on any atom is -0.366 e. The van der Waals surface area contributed by atoms with E-state index in [1.165, 1.54) is 0 Å². The molecule has 1 aromatic rings. The Kier molecular flexibility index (Phi) is 3.29.